The third-order valence-corrected chi connectivity index (χ3v) is 5.59. The predicted molar refractivity (Wildman–Crippen MR) is 123 cm³/mol. The van der Waals surface area contributed by atoms with E-state index in [4.69, 9.17) is 4.74 Å². The molecule has 0 radical (unpaired) electrons. The molecule has 166 valence electrons. The third-order valence-electron chi connectivity index (χ3n) is 5.59. The lowest BCUT2D eigenvalue weighted by atomic mass is 10.1. The summed E-state index contributed by atoms with van der Waals surface area (Å²) in [5, 5.41) is 10.3. The van der Waals surface area contributed by atoms with E-state index in [0.29, 0.717) is 29.9 Å². The first-order chi connectivity index (χ1) is 15.5. The Hall–Kier alpha value is -3.45. The number of aryl methyl sites for hydroxylation is 2. The third kappa shape index (κ3) is 5.23. The van der Waals surface area contributed by atoms with Crippen molar-refractivity contribution in [3.63, 3.8) is 0 Å². The maximum absolute atomic E-state index is 12.8. The zero-order chi connectivity index (χ0) is 22.5. The van der Waals surface area contributed by atoms with Gasteiger partial charge < -0.3 is 15.4 Å². The van der Waals surface area contributed by atoms with E-state index in [1.807, 2.05) is 36.7 Å². The first kappa shape index (κ1) is 21.8. The summed E-state index contributed by atoms with van der Waals surface area (Å²) in [6.45, 7) is 5.86. The topological polar surface area (TPSA) is 85.2 Å². The SMILES string of the molecule is Cc1cc(C)n(Cc2ccc(C(=O)Nc3ccccc3C(=O)NC[C@H]3CCCO3)cc2)n1. The van der Waals surface area contributed by atoms with Gasteiger partial charge in [0.2, 0.25) is 0 Å². The number of ether oxygens (including phenoxy) is 1. The molecule has 1 aliphatic heterocycles. The number of carbonyl (C=O) groups excluding carboxylic acids is 2. The maximum Gasteiger partial charge on any atom is 0.255 e. The minimum absolute atomic E-state index is 0.0636. The van der Waals surface area contributed by atoms with Crippen molar-refractivity contribution in [3.05, 3.63) is 82.7 Å². The van der Waals surface area contributed by atoms with Crippen LogP contribution in [0.2, 0.25) is 0 Å². The molecule has 7 heteroatoms. The molecular weight excluding hydrogens is 404 g/mol. The van der Waals surface area contributed by atoms with Crippen LogP contribution in [0.15, 0.2) is 54.6 Å². The van der Waals surface area contributed by atoms with E-state index in [2.05, 4.69) is 15.7 Å². The number of anilines is 1. The molecule has 1 aliphatic rings. The van der Waals surface area contributed by atoms with Crippen LogP contribution in [0.25, 0.3) is 0 Å². The highest BCUT2D eigenvalue weighted by molar-refractivity contribution is 6.09. The summed E-state index contributed by atoms with van der Waals surface area (Å²) in [5.41, 5.74) is 4.57. The van der Waals surface area contributed by atoms with E-state index >= 15 is 0 Å². The number of para-hydroxylation sites is 1. The zero-order valence-corrected chi connectivity index (χ0v) is 18.4. The van der Waals surface area contributed by atoms with Gasteiger partial charge in [-0.1, -0.05) is 24.3 Å². The monoisotopic (exact) mass is 432 g/mol. The Morgan fingerprint density at radius 1 is 1.09 bits per heavy atom. The fourth-order valence-electron chi connectivity index (χ4n) is 3.86. The summed E-state index contributed by atoms with van der Waals surface area (Å²) >= 11 is 0. The van der Waals surface area contributed by atoms with Crippen molar-refractivity contribution < 1.29 is 14.3 Å². The Labute approximate surface area is 187 Å². The van der Waals surface area contributed by atoms with Crippen LogP contribution in [0.1, 0.15) is 50.5 Å². The van der Waals surface area contributed by atoms with Gasteiger partial charge in [0.1, 0.15) is 0 Å². The zero-order valence-electron chi connectivity index (χ0n) is 18.4. The van der Waals surface area contributed by atoms with Crippen LogP contribution >= 0.6 is 0 Å². The summed E-state index contributed by atoms with van der Waals surface area (Å²) in [5.74, 6) is -0.487. The summed E-state index contributed by atoms with van der Waals surface area (Å²) in [6.07, 6.45) is 2.04. The normalized spacial score (nSPS) is 15.5. The second-order valence-electron chi connectivity index (χ2n) is 8.13. The molecule has 32 heavy (non-hydrogen) atoms. The molecule has 7 nitrogen and oxygen atoms in total. The van der Waals surface area contributed by atoms with Crippen LogP contribution in [-0.4, -0.2) is 40.9 Å². The van der Waals surface area contributed by atoms with Gasteiger partial charge in [0.15, 0.2) is 0 Å². The molecule has 2 heterocycles. The van der Waals surface area contributed by atoms with Crippen LogP contribution in [0.3, 0.4) is 0 Å². The molecule has 2 amide bonds. The highest BCUT2D eigenvalue weighted by Gasteiger charge is 2.18. The average molecular weight is 433 g/mol. The summed E-state index contributed by atoms with van der Waals surface area (Å²) in [4.78, 5) is 25.5. The van der Waals surface area contributed by atoms with Gasteiger partial charge in [0.25, 0.3) is 11.8 Å². The number of hydrogen-bond acceptors (Lipinski definition) is 4. The number of benzene rings is 2. The molecule has 0 unspecified atom stereocenters. The van der Waals surface area contributed by atoms with Gasteiger partial charge in [-0.2, -0.15) is 5.10 Å². The Balaban J connectivity index is 1.40. The first-order valence-electron chi connectivity index (χ1n) is 10.9. The predicted octanol–water partition coefficient (Wildman–Crippen LogP) is 3.71. The van der Waals surface area contributed by atoms with E-state index in [0.717, 1.165) is 36.4 Å². The van der Waals surface area contributed by atoms with Gasteiger partial charge in [-0.3, -0.25) is 14.3 Å². The molecular formula is C25H28N4O3. The van der Waals surface area contributed by atoms with Crippen molar-refractivity contribution in [1.82, 2.24) is 15.1 Å². The molecule has 2 aromatic carbocycles. The van der Waals surface area contributed by atoms with Crippen molar-refractivity contribution in [2.75, 3.05) is 18.5 Å². The summed E-state index contributed by atoms with van der Waals surface area (Å²) in [6, 6.07) is 16.5. The van der Waals surface area contributed by atoms with E-state index < -0.39 is 0 Å². The molecule has 4 rings (SSSR count). The maximum atomic E-state index is 12.8. The number of amides is 2. The van der Waals surface area contributed by atoms with Crippen molar-refractivity contribution in [3.8, 4) is 0 Å². The molecule has 1 saturated heterocycles. The average Bonchev–Trinajstić information content (AvgIpc) is 3.42. The lowest BCUT2D eigenvalue weighted by molar-refractivity contribution is 0.0858. The Morgan fingerprint density at radius 3 is 2.56 bits per heavy atom. The van der Waals surface area contributed by atoms with Crippen molar-refractivity contribution in [2.45, 2.75) is 39.3 Å². The Bertz CT molecular complexity index is 1100. The second-order valence-corrected chi connectivity index (χ2v) is 8.13. The molecule has 0 spiro atoms. The van der Waals surface area contributed by atoms with Crippen LogP contribution < -0.4 is 10.6 Å². The molecule has 3 aromatic rings. The fourth-order valence-corrected chi connectivity index (χ4v) is 3.86. The van der Waals surface area contributed by atoms with E-state index in [9.17, 15) is 9.59 Å². The number of aromatic nitrogens is 2. The van der Waals surface area contributed by atoms with E-state index in [1.165, 1.54) is 0 Å². The minimum atomic E-state index is -0.262. The van der Waals surface area contributed by atoms with Crippen molar-refractivity contribution in [1.29, 1.82) is 0 Å². The smallest absolute Gasteiger partial charge is 0.255 e. The van der Waals surface area contributed by atoms with E-state index in [-0.39, 0.29) is 17.9 Å². The quantitative estimate of drug-likeness (QED) is 0.596. The molecule has 1 atom stereocenters. The number of carbonyl (C=O) groups is 2. The summed E-state index contributed by atoms with van der Waals surface area (Å²) < 4.78 is 7.50. The van der Waals surface area contributed by atoms with Crippen LogP contribution in [-0.2, 0) is 11.3 Å². The molecule has 2 N–H and O–H groups in total. The molecule has 0 saturated carbocycles. The fraction of sp³-hybridized carbons (Fsp3) is 0.320. The number of rotatable bonds is 7. The van der Waals surface area contributed by atoms with Crippen LogP contribution in [0.5, 0.6) is 0 Å². The minimum Gasteiger partial charge on any atom is -0.376 e. The van der Waals surface area contributed by atoms with Gasteiger partial charge in [-0.25, -0.2) is 0 Å². The molecule has 0 bridgehead atoms. The summed E-state index contributed by atoms with van der Waals surface area (Å²) in [7, 11) is 0. The van der Waals surface area contributed by atoms with Gasteiger partial charge in [0, 0.05) is 24.4 Å². The number of nitrogens with one attached hydrogen (secondary N) is 2. The van der Waals surface area contributed by atoms with Crippen molar-refractivity contribution in [2.24, 2.45) is 0 Å². The van der Waals surface area contributed by atoms with Crippen LogP contribution in [0, 0.1) is 13.8 Å². The lowest BCUT2D eigenvalue weighted by Crippen LogP contribution is -2.32. The Morgan fingerprint density at radius 2 is 1.88 bits per heavy atom. The van der Waals surface area contributed by atoms with Crippen molar-refractivity contribution >= 4 is 17.5 Å². The molecule has 0 aliphatic carbocycles. The first-order valence-corrected chi connectivity index (χ1v) is 10.9. The second kappa shape index (κ2) is 9.78. The number of hydrogen-bond donors (Lipinski definition) is 2. The molecule has 1 fully saturated rings. The van der Waals surface area contributed by atoms with Gasteiger partial charge in [0.05, 0.1) is 29.6 Å². The highest BCUT2D eigenvalue weighted by Crippen LogP contribution is 2.18. The van der Waals surface area contributed by atoms with E-state index in [1.54, 1.807) is 36.4 Å². The van der Waals surface area contributed by atoms with Gasteiger partial charge in [-0.05, 0) is 62.6 Å². The van der Waals surface area contributed by atoms with Crippen LogP contribution in [0.4, 0.5) is 5.69 Å². The highest BCUT2D eigenvalue weighted by atomic mass is 16.5. The number of nitrogens with zero attached hydrogens (tertiary/aromatic N) is 2. The van der Waals surface area contributed by atoms with Gasteiger partial charge >= 0.3 is 0 Å². The molecule has 1 aromatic heterocycles. The Kier molecular flexibility index (Phi) is 6.66. The largest absolute Gasteiger partial charge is 0.376 e. The lowest BCUT2D eigenvalue weighted by Gasteiger charge is -2.14. The standard InChI is InChI=1S/C25H28N4O3/c1-17-14-18(2)29(28-17)16-19-9-11-20(12-10-19)24(30)27-23-8-4-3-7-22(23)25(31)26-15-21-6-5-13-32-21/h3-4,7-12,14,21H,5-6,13,15-16H2,1-2H3,(H,26,31)(H,27,30)/t21-/m1/s1. The van der Waals surface area contributed by atoms with Gasteiger partial charge in [-0.15, -0.1) is 0 Å².